The van der Waals surface area contributed by atoms with Gasteiger partial charge in [-0.1, -0.05) is 0 Å². The fourth-order valence-electron chi connectivity index (χ4n) is 1.42. The number of amides is 1. The zero-order chi connectivity index (χ0) is 12.1. The van der Waals surface area contributed by atoms with Crippen molar-refractivity contribution in [1.29, 1.82) is 0 Å². The molecule has 17 heavy (non-hydrogen) atoms. The summed E-state index contributed by atoms with van der Waals surface area (Å²) in [5, 5.41) is 3.80. The highest BCUT2D eigenvalue weighted by molar-refractivity contribution is 5.81. The molecular weight excluding hydrogens is 218 g/mol. The molecule has 0 radical (unpaired) electrons. The van der Waals surface area contributed by atoms with Crippen LogP contribution in [0, 0.1) is 0 Å². The number of rotatable bonds is 4. The lowest BCUT2D eigenvalue weighted by Gasteiger charge is -2.01. The molecule has 0 fully saturated rings. The molecule has 0 saturated carbocycles. The molecule has 0 atom stereocenters. The summed E-state index contributed by atoms with van der Waals surface area (Å²) in [6.45, 7) is 0. The molecule has 0 aliphatic carbocycles. The molecule has 1 N–H and O–H groups in total. The summed E-state index contributed by atoms with van der Waals surface area (Å²) in [7, 11) is 1.90. The van der Waals surface area contributed by atoms with Crippen LogP contribution in [0.3, 0.4) is 0 Å². The predicted octanol–water partition coefficient (Wildman–Crippen LogP) is 1.31. The number of nitrogens with one attached hydrogen (secondary N) is 1. The van der Waals surface area contributed by atoms with Gasteiger partial charge in [0.2, 0.25) is 5.91 Å². The van der Waals surface area contributed by atoms with E-state index in [-0.39, 0.29) is 5.91 Å². The zero-order valence-corrected chi connectivity index (χ0v) is 9.46. The van der Waals surface area contributed by atoms with Gasteiger partial charge in [-0.15, -0.1) is 0 Å². The van der Waals surface area contributed by atoms with Crippen LogP contribution in [-0.2, 0) is 18.3 Å². The Hall–Kier alpha value is -2.30. The first-order chi connectivity index (χ1) is 8.25. The summed E-state index contributed by atoms with van der Waals surface area (Å²) in [5.41, 5.74) is 3.38. The molecule has 0 aromatic carbocycles. The molecule has 0 saturated heterocycles. The maximum Gasteiger partial charge on any atom is 0.245 e. The first kappa shape index (κ1) is 11.2. The monoisotopic (exact) mass is 231 g/mol. The van der Waals surface area contributed by atoms with Crippen molar-refractivity contribution in [3.05, 3.63) is 48.2 Å². The minimum Gasteiger partial charge on any atom is -0.463 e. The van der Waals surface area contributed by atoms with Crippen molar-refractivity contribution in [2.24, 2.45) is 12.1 Å². The van der Waals surface area contributed by atoms with Crippen LogP contribution in [0.2, 0.25) is 0 Å². The number of hydrazone groups is 1. The Balaban J connectivity index is 1.84. The van der Waals surface area contributed by atoms with Crippen molar-refractivity contribution in [2.45, 2.75) is 6.42 Å². The van der Waals surface area contributed by atoms with E-state index in [4.69, 9.17) is 4.42 Å². The first-order valence-corrected chi connectivity index (χ1v) is 5.21. The predicted molar refractivity (Wildman–Crippen MR) is 63.6 cm³/mol. The summed E-state index contributed by atoms with van der Waals surface area (Å²) in [4.78, 5) is 11.5. The fourth-order valence-corrected chi connectivity index (χ4v) is 1.42. The van der Waals surface area contributed by atoms with Gasteiger partial charge in [0, 0.05) is 18.9 Å². The highest BCUT2D eigenvalue weighted by Gasteiger charge is 2.04. The van der Waals surface area contributed by atoms with Crippen LogP contribution >= 0.6 is 0 Å². The van der Waals surface area contributed by atoms with Crippen molar-refractivity contribution in [3.8, 4) is 0 Å². The fraction of sp³-hybridized carbons (Fsp3) is 0.167. The summed E-state index contributed by atoms with van der Waals surface area (Å²) < 4.78 is 6.93. The highest BCUT2D eigenvalue weighted by Crippen LogP contribution is 2.00. The second-order valence-corrected chi connectivity index (χ2v) is 3.60. The zero-order valence-electron chi connectivity index (χ0n) is 9.46. The molecule has 2 heterocycles. The number of aromatic nitrogens is 1. The Morgan fingerprint density at radius 1 is 1.53 bits per heavy atom. The summed E-state index contributed by atoms with van der Waals surface area (Å²) >= 11 is 0. The van der Waals surface area contributed by atoms with E-state index in [9.17, 15) is 4.79 Å². The molecule has 0 spiro atoms. The number of carbonyl (C=O) groups excluding carboxylic acids is 1. The van der Waals surface area contributed by atoms with E-state index < -0.39 is 0 Å². The van der Waals surface area contributed by atoms with Gasteiger partial charge in [0.15, 0.2) is 0 Å². The normalized spacial score (nSPS) is 10.9. The smallest absolute Gasteiger partial charge is 0.245 e. The second-order valence-electron chi connectivity index (χ2n) is 3.60. The van der Waals surface area contributed by atoms with E-state index >= 15 is 0 Å². The molecule has 5 heteroatoms. The molecule has 0 aliphatic rings. The van der Waals surface area contributed by atoms with Gasteiger partial charge in [0.25, 0.3) is 0 Å². The van der Waals surface area contributed by atoms with Gasteiger partial charge < -0.3 is 8.98 Å². The molecule has 5 nitrogen and oxygen atoms in total. The summed E-state index contributed by atoms with van der Waals surface area (Å²) in [6.07, 6.45) is 5.21. The molecule has 2 aromatic rings. The van der Waals surface area contributed by atoms with Crippen LogP contribution in [-0.4, -0.2) is 16.7 Å². The van der Waals surface area contributed by atoms with Gasteiger partial charge in [-0.2, -0.15) is 5.10 Å². The molecule has 0 unspecified atom stereocenters. The Labute approximate surface area is 98.7 Å². The van der Waals surface area contributed by atoms with Crippen LogP contribution in [0.4, 0.5) is 0 Å². The average Bonchev–Trinajstić information content (AvgIpc) is 2.92. The van der Waals surface area contributed by atoms with E-state index in [2.05, 4.69) is 10.5 Å². The van der Waals surface area contributed by atoms with Crippen LogP contribution < -0.4 is 5.43 Å². The lowest BCUT2D eigenvalue weighted by molar-refractivity contribution is -0.120. The third-order valence-corrected chi connectivity index (χ3v) is 2.32. The van der Waals surface area contributed by atoms with Crippen LogP contribution in [0.1, 0.15) is 11.5 Å². The topological polar surface area (TPSA) is 59.5 Å². The van der Waals surface area contributed by atoms with Crippen molar-refractivity contribution in [3.63, 3.8) is 0 Å². The minimum absolute atomic E-state index is 0.158. The standard InChI is InChI=1S/C12H13N3O2/c1-15-6-2-4-10(15)8-12(16)14-13-9-11-5-3-7-17-11/h2-7,9H,8H2,1H3,(H,14,16)/b13-9-. The third-order valence-electron chi connectivity index (χ3n) is 2.32. The van der Waals surface area contributed by atoms with Crippen LogP contribution in [0.5, 0.6) is 0 Å². The maximum atomic E-state index is 11.5. The highest BCUT2D eigenvalue weighted by atomic mass is 16.3. The lowest BCUT2D eigenvalue weighted by Crippen LogP contribution is -2.20. The molecule has 88 valence electrons. The van der Waals surface area contributed by atoms with E-state index in [1.807, 2.05) is 29.9 Å². The molecule has 2 rings (SSSR count). The molecular formula is C12H13N3O2. The van der Waals surface area contributed by atoms with Crippen molar-refractivity contribution >= 4 is 12.1 Å². The van der Waals surface area contributed by atoms with E-state index in [1.54, 1.807) is 18.4 Å². The minimum atomic E-state index is -0.158. The van der Waals surface area contributed by atoms with Crippen molar-refractivity contribution in [1.82, 2.24) is 9.99 Å². The van der Waals surface area contributed by atoms with Gasteiger partial charge >= 0.3 is 0 Å². The quantitative estimate of drug-likeness (QED) is 0.637. The summed E-state index contributed by atoms with van der Waals surface area (Å²) in [5.74, 6) is 0.443. The van der Waals surface area contributed by atoms with Gasteiger partial charge in [0.05, 0.1) is 18.9 Å². The van der Waals surface area contributed by atoms with E-state index in [0.29, 0.717) is 12.2 Å². The number of carbonyl (C=O) groups is 1. The average molecular weight is 231 g/mol. The number of hydrogen-bond acceptors (Lipinski definition) is 3. The van der Waals surface area contributed by atoms with Crippen molar-refractivity contribution < 1.29 is 9.21 Å². The largest absolute Gasteiger partial charge is 0.463 e. The van der Waals surface area contributed by atoms with E-state index in [1.165, 1.54) is 6.21 Å². The van der Waals surface area contributed by atoms with Crippen LogP contribution in [0.25, 0.3) is 0 Å². The SMILES string of the molecule is Cn1cccc1CC(=O)N/N=C\c1ccco1. The third kappa shape index (κ3) is 3.07. The number of furan rings is 1. The van der Waals surface area contributed by atoms with Gasteiger partial charge in [-0.05, 0) is 24.3 Å². The Morgan fingerprint density at radius 2 is 2.41 bits per heavy atom. The molecule has 1 amide bonds. The first-order valence-electron chi connectivity index (χ1n) is 5.21. The second kappa shape index (κ2) is 5.16. The lowest BCUT2D eigenvalue weighted by atomic mass is 10.3. The number of aryl methyl sites for hydroxylation is 1. The molecule has 0 aliphatic heterocycles. The maximum absolute atomic E-state index is 11.5. The summed E-state index contributed by atoms with van der Waals surface area (Å²) in [6, 6.07) is 7.31. The Kier molecular flexibility index (Phi) is 3.40. The molecule has 2 aromatic heterocycles. The number of nitrogens with zero attached hydrogens (tertiary/aromatic N) is 2. The molecule has 0 bridgehead atoms. The Morgan fingerprint density at radius 3 is 3.06 bits per heavy atom. The van der Waals surface area contributed by atoms with Gasteiger partial charge in [0.1, 0.15) is 5.76 Å². The van der Waals surface area contributed by atoms with Crippen molar-refractivity contribution in [2.75, 3.05) is 0 Å². The van der Waals surface area contributed by atoms with E-state index in [0.717, 1.165) is 5.69 Å². The van der Waals surface area contributed by atoms with Crippen LogP contribution in [0.15, 0.2) is 46.2 Å². The van der Waals surface area contributed by atoms with Gasteiger partial charge in [-0.25, -0.2) is 5.43 Å². The number of hydrogen-bond donors (Lipinski definition) is 1. The Bertz CT molecular complexity index is 512. The van der Waals surface area contributed by atoms with Gasteiger partial charge in [-0.3, -0.25) is 4.79 Å².